The van der Waals surface area contributed by atoms with E-state index in [4.69, 9.17) is 10.5 Å². The van der Waals surface area contributed by atoms with E-state index in [1.807, 2.05) is 6.07 Å². The average Bonchev–Trinajstić information content (AvgIpc) is 3.49. The number of rotatable bonds is 9. The third kappa shape index (κ3) is 5.59. The van der Waals surface area contributed by atoms with E-state index >= 15 is 0 Å². The minimum Gasteiger partial charge on any atom is -0.496 e. The van der Waals surface area contributed by atoms with E-state index < -0.39 is 15.9 Å². The van der Waals surface area contributed by atoms with Crippen molar-refractivity contribution in [3.63, 3.8) is 0 Å². The highest BCUT2D eigenvalue weighted by atomic mass is 32.2. The van der Waals surface area contributed by atoms with Crippen LogP contribution in [0.5, 0.6) is 5.75 Å². The van der Waals surface area contributed by atoms with E-state index in [0.717, 1.165) is 23.8 Å². The fourth-order valence-corrected chi connectivity index (χ4v) is 7.92. The topological polar surface area (TPSA) is 102 Å². The summed E-state index contributed by atoms with van der Waals surface area (Å²) < 4.78 is 33.9. The molecular weight excluding hydrogens is 458 g/mol. The van der Waals surface area contributed by atoms with Crippen molar-refractivity contribution in [1.29, 1.82) is 0 Å². The molecule has 1 saturated heterocycles. The second kappa shape index (κ2) is 10.5. The molecule has 0 spiro atoms. The van der Waals surface area contributed by atoms with Crippen LogP contribution in [0.25, 0.3) is 0 Å². The molecule has 1 aromatic heterocycles. The Kier molecular flexibility index (Phi) is 7.73. The number of carbonyl (C=O) groups is 1. The van der Waals surface area contributed by atoms with Gasteiger partial charge in [0.1, 0.15) is 9.96 Å². The van der Waals surface area contributed by atoms with Crippen LogP contribution < -0.4 is 15.8 Å². The molecule has 1 saturated carbocycles. The number of benzene rings is 1. The van der Waals surface area contributed by atoms with E-state index in [9.17, 15) is 13.2 Å². The highest BCUT2D eigenvalue weighted by Crippen LogP contribution is 2.32. The number of thiophene rings is 1. The lowest BCUT2D eigenvalue weighted by Crippen LogP contribution is -2.37. The third-order valence-corrected chi connectivity index (χ3v) is 10.2. The Hall–Kier alpha value is -1.94. The van der Waals surface area contributed by atoms with Crippen molar-refractivity contribution in [2.75, 3.05) is 26.7 Å². The SMILES string of the molecule is COc1cccc(C(N)=O)c1Cc1ccc(S(=O)(=O)N2CCC(NCC3CCCCC3)C2)s1. The molecule has 1 aromatic carbocycles. The largest absolute Gasteiger partial charge is 0.496 e. The van der Waals surface area contributed by atoms with Crippen LogP contribution in [0, 0.1) is 5.92 Å². The smallest absolute Gasteiger partial charge is 0.252 e. The second-order valence-electron chi connectivity index (χ2n) is 9.01. The quantitative estimate of drug-likeness (QED) is 0.560. The molecule has 1 amide bonds. The molecule has 0 radical (unpaired) electrons. The summed E-state index contributed by atoms with van der Waals surface area (Å²) in [6, 6.07) is 8.85. The van der Waals surface area contributed by atoms with Crippen molar-refractivity contribution in [1.82, 2.24) is 9.62 Å². The van der Waals surface area contributed by atoms with Gasteiger partial charge in [-0.3, -0.25) is 4.79 Å². The zero-order valence-electron chi connectivity index (χ0n) is 19.1. The van der Waals surface area contributed by atoms with Crippen molar-refractivity contribution in [2.24, 2.45) is 11.7 Å². The molecule has 3 N–H and O–H groups in total. The molecule has 2 fully saturated rings. The fraction of sp³-hybridized carbons (Fsp3) is 0.542. The van der Waals surface area contributed by atoms with Gasteiger partial charge in [0.25, 0.3) is 10.0 Å². The van der Waals surface area contributed by atoms with E-state index in [0.29, 0.717) is 40.6 Å². The molecule has 2 aliphatic rings. The molecule has 1 aliphatic heterocycles. The first kappa shape index (κ1) is 24.2. The van der Waals surface area contributed by atoms with Crippen LogP contribution in [-0.2, 0) is 16.4 Å². The van der Waals surface area contributed by atoms with Gasteiger partial charge >= 0.3 is 0 Å². The predicted octanol–water partition coefficient (Wildman–Crippen LogP) is 3.38. The number of hydrogen-bond acceptors (Lipinski definition) is 6. The van der Waals surface area contributed by atoms with Crippen LogP contribution in [0.15, 0.2) is 34.5 Å². The predicted molar refractivity (Wildman–Crippen MR) is 130 cm³/mol. The Balaban J connectivity index is 1.41. The molecule has 1 aliphatic carbocycles. The van der Waals surface area contributed by atoms with E-state index in [-0.39, 0.29) is 6.04 Å². The molecule has 1 atom stereocenters. The van der Waals surface area contributed by atoms with Gasteiger partial charge in [0, 0.05) is 41.6 Å². The highest BCUT2D eigenvalue weighted by molar-refractivity contribution is 7.91. The fourth-order valence-electron chi connectivity index (χ4n) is 4.90. The van der Waals surface area contributed by atoms with Crippen LogP contribution in [0.4, 0.5) is 0 Å². The molecule has 1 unspecified atom stereocenters. The van der Waals surface area contributed by atoms with Gasteiger partial charge in [-0.1, -0.05) is 25.3 Å². The first-order valence-electron chi connectivity index (χ1n) is 11.7. The van der Waals surface area contributed by atoms with Gasteiger partial charge in [0.05, 0.1) is 7.11 Å². The first-order chi connectivity index (χ1) is 15.9. The second-order valence-corrected chi connectivity index (χ2v) is 12.3. The van der Waals surface area contributed by atoms with Crippen LogP contribution in [-0.4, -0.2) is 51.4 Å². The summed E-state index contributed by atoms with van der Waals surface area (Å²) in [6.07, 6.45) is 7.76. The van der Waals surface area contributed by atoms with Crippen LogP contribution >= 0.6 is 11.3 Å². The average molecular weight is 492 g/mol. The maximum Gasteiger partial charge on any atom is 0.252 e. The monoisotopic (exact) mass is 491 g/mol. The summed E-state index contributed by atoms with van der Waals surface area (Å²) in [5.74, 6) is 0.761. The van der Waals surface area contributed by atoms with Crippen LogP contribution in [0.1, 0.15) is 59.3 Å². The van der Waals surface area contributed by atoms with Gasteiger partial charge < -0.3 is 15.8 Å². The molecule has 2 heterocycles. The van der Waals surface area contributed by atoms with Crippen molar-refractivity contribution >= 4 is 27.3 Å². The van der Waals surface area contributed by atoms with E-state index in [1.54, 1.807) is 35.7 Å². The number of methoxy groups -OCH3 is 1. The number of nitrogens with two attached hydrogens (primary N) is 1. The van der Waals surface area contributed by atoms with E-state index in [1.165, 1.54) is 43.4 Å². The summed E-state index contributed by atoms with van der Waals surface area (Å²) >= 11 is 1.24. The molecular formula is C24H33N3O4S2. The Bertz CT molecular complexity index is 1080. The molecule has 2 aromatic rings. The Morgan fingerprint density at radius 2 is 1.97 bits per heavy atom. The van der Waals surface area contributed by atoms with Crippen molar-refractivity contribution in [2.45, 2.75) is 55.2 Å². The standard InChI is InChI=1S/C24H33N3O4S2/c1-31-22-9-5-8-20(24(25)28)21(22)14-19-10-11-23(32-19)33(29,30)27-13-12-18(16-27)26-15-17-6-3-2-4-7-17/h5,8-11,17-18,26H,2-4,6-7,12-16H2,1H3,(H2,25,28). The number of nitrogens with one attached hydrogen (secondary N) is 1. The first-order valence-corrected chi connectivity index (χ1v) is 13.9. The summed E-state index contributed by atoms with van der Waals surface area (Å²) in [5, 5.41) is 3.61. The molecule has 33 heavy (non-hydrogen) atoms. The Labute approximate surface area is 200 Å². The minimum atomic E-state index is -3.54. The Morgan fingerprint density at radius 3 is 2.70 bits per heavy atom. The summed E-state index contributed by atoms with van der Waals surface area (Å²) in [7, 11) is -2.00. The van der Waals surface area contributed by atoms with Gasteiger partial charge in [-0.25, -0.2) is 8.42 Å². The van der Waals surface area contributed by atoms with Crippen LogP contribution in [0.3, 0.4) is 0 Å². The number of sulfonamides is 1. The van der Waals surface area contributed by atoms with Gasteiger partial charge in [-0.2, -0.15) is 4.31 Å². The lowest BCUT2D eigenvalue weighted by Gasteiger charge is -2.24. The van der Waals surface area contributed by atoms with Gasteiger partial charge in [0.2, 0.25) is 5.91 Å². The number of primary amides is 1. The van der Waals surface area contributed by atoms with Crippen LogP contribution in [0.2, 0.25) is 0 Å². The minimum absolute atomic E-state index is 0.216. The zero-order valence-corrected chi connectivity index (χ0v) is 20.7. The lowest BCUT2D eigenvalue weighted by molar-refractivity contribution is 0.0999. The number of amides is 1. The number of ether oxygens (including phenoxy) is 1. The Morgan fingerprint density at radius 1 is 1.18 bits per heavy atom. The lowest BCUT2D eigenvalue weighted by atomic mass is 9.89. The number of hydrogen-bond donors (Lipinski definition) is 2. The summed E-state index contributed by atoms with van der Waals surface area (Å²) in [4.78, 5) is 12.7. The third-order valence-electron chi connectivity index (χ3n) is 6.77. The summed E-state index contributed by atoms with van der Waals surface area (Å²) in [6.45, 7) is 2.04. The zero-order chi connectivity index (χ0) is 23.4. The molecule has 0 bridgehead atoms. The molecule has 7 nitrogen and oxygen atoms in total. The van der Waals surface area contributed by atoms with Gasteiger partial charge in [-0.15, -0.1) is 11.3 Å². The maximum absolute atomic E-state index is 13.3. The highest BCUT2D eigenvalue weighted by Gasteiger charge is 2.33. The number of carbonyl (C=O) groups excluding carboxylic acids is 1. The van der Waals surface area contributed by atoms with E-state index in [2.05, 4.69) is 5.32 Å². The molecule has 180 valence electrons. The van der Waals surface area contributed by atoms with Gasteiger partial charge in [0.15, 0.2) is 0 Å². The van der Waals surface area contributed by atoms with Gasteiger partial charge in [-0.05, 0) is 56.0 Å². The summed E-state index contributed by atoms with van der Waals surface area (Å²) in [5.41, 5.74) is 6.59. The maximum atomic E-state index is 13.3. The van der Waals surface area contributed by atoms with Crippen molar-refractivity contribution < 1.29 is 17.9 Å². The number of nitrogens with zero attached hydrogens (tertiary/aromatic N) is 1. The van der Waals surface area contributed by atoms with Crippen molar-refractivity contribution in [3.8, 4) is 5.75 Å². The molecule has 4 rings (SSSR count). The van der Waals surface area contributed by atoms with Crippen molar-refractivity contribution in [3.05, 3.63) is 46.3 Å². The molecule has 9 heteroatoms. The normalized spacial score (nSPS) is 20.2.